The van der Waals surface area contributed by atoms with Gasteiger partial charge in [-0.05, 0) is 50.6 Å². The van der Waals surface area contributed by atoms with Crippen molar-refractivity contribution < 1.29 is 4.74 Å². The summed E-state index contributed by atoms with van der Waals surface area (Å²) >= 11 is 0. The van der Waals surface area contributed by atoms with Crippen molar-refractivity contribution in [3.63, 3.8) is 0 Å². The lowest BCUT2D eigenvalue weighted by molar-refractivity contribution is 0.0538. The highest BCUT2D eigenvalue weighted by atomic mass is 16.5. The quantitative estimate of drug-likeness (QED) is 0.848. The zero-order valence-electron chi connectivity index (χ0n) is 12.3. The van der Waals surface area contributed by atoms with E-state index in [1.54, 1.807) is 0 Å². The molecule has 0 aromatic heterocycles. The van der Waals surface area contributed by atoms with E-state index in [1.807, 2.05) is 0 Å². The maximum Gasteiger partial charge on any atom is 0.0469 e. The lowest BCUT2D eigenvalue weighted by Crippen LogP contribution is -2.41. The zero-order chi connectivity index (χ0) is 13.5. The van der Waals surface area contributed by atoms with E-state index in [-0.39, 0.29) is 0 Å². The Bertz CT molecular complexity index is 354. The highest BCUT2D eigenvalue weighted by Gasteiger charge is 2.23. The molecule has 0 spiro atoms. The molecule has 2 nitrogen and oxygen atoms in total. The Balaban J connectivity index is 1.97. The van der Waals surface area contributed by atoms with E-state index in [9.17, 15) is 0 Å². The van der Waals surface area contributed by atoms with Gasteiger partial charge in [0.05, 0.1) is 0 Å². The van der Waals surface area contributed by atoms with Gasteiger partial charge >= 0.3 is 0 Å². The second-order valence-corrected chi connectivity index (χ2v) is 5.70. The van der Waals surface area contributed by atoms with Gasteiger partial charge in [-0.2, -0.15) is 0 Å². The van der Waals surface area contributed by atoms with Gasteiger partial charge in [-0.3, -0.25) is 0 Å². The number of nitrogens with one attached hydrogen (secondary N) is 1. The maximum absolute atomic E-state index is 5.49. The van der Waals surface area contributed by atoms with Crippen molar-refractivity contribution in [2.75, 3.05) is 19.8 Å². The molecule has 1 aromatic rings. The van der Waals surface area contributed by atoms with Crippen molar-refractivity contribution in [1.29, 1.82) is 0 Å². The van der Waals surface area contributed by atoms with Crippen LogP contribution in [0.3, 0.4) is 0 Å². The fourth-order valence-electron chi connectivity index (χ4n) is 2.83. The van der Waals surface area contributed by atoms with Crippen LogP contribution >= 0.6 is 0 Å². The van der Waals surface area contributed by atoms with Crippen molar-refractivity contribution in [2.45, 2.75) is 45.6 Å². The Kier molecular flexibility index (Phi) is 5.87. The van der Waals surface area contributed by atoms with E-state index in [1.165, 1.54) is 30.4 Å². The van der Waals surface area contributed by atoms with Gasteiger partial charge in [-0.1, -0.05) is 36.8 Å². The van der Waals surface area contributed by atoms with Crippen molar-refractivity contribution in [2.24, 2.45) is 5.92 Å². The van der Waals surface area contributed by atoms with Crippen molar-refractivity contribution >= 4 is 0 Å². The van der Waals surface area contributed by atoms with Gasteiger partial charge in [-0.25, -0.2) is 0 Å². The summed E-state index contributed by atoms with van der Waals surface area (Å²) in [6.07, 6.45) is 4.75. The molecule has 1 saturated heterocycles. The molecule has 1 unspecified atom stereocenters. The first-order chi connectivity index (χ1) is 9.29. The SMILES string of the molecule is CCCNC(Cc1ccc(C)cc1)C1CCOCC1. The topological polar surface area (TPSA) is 21.3 Å². The predicted octanol–water partition coefficient (Wildman–Crippen LogP) is 3.33. The van der Waals surface area contributed by atoms with Crippen LogP contribution in [0.15, 0.2) is 24.3 Å². The Morgan fingerprint density at radius 1 is 1.21 bits per heavy atom. The highest BCUT2D eigenvalue weighted by molar-refractivity contribution is 5.22. The number of hydrogen-bond acceptors (Lipinski definition) is 2. The van der Waals surface area contributed by atoms with E-state index in [2.05, 4.69) is 43.4 Å². The minimum absolute atomic E-state index is 0.603. The van der Waals surface area contributed by atoms with Crippen LogP contribution in [0.25, 0.3) is 0 Å². The van der Waals surface area contributed by atoms with Gasteiger partial charge in [0.15, 0.2) is 0 Å². The summed E-state index contributed by atoms with van der Waals surface area (Å²) in [7, 11) is 0. The summed E-state index contributed by atoms with van der Waals surface area (Å²) in [5.74, 6) is 0.765. The van der Waals surface area contributed by atoms with E-state index in [4.69, 9.17) is 4.74 Å². The molecule has 0 aliphatic carbocycles. The first kappa shape index (κ1) is 14.5. The van der Waals surface area contributed by atoms with Crippen LogP contribution in [0, 0.1) is 12.8 Å². The van der Waals surface area contributed by atoms with Crippen LogP contribution in [0.5, 0.6) is 0 Å². The molecule has 0 saturated carbocycles. The predicted molar refractivity (Wildman–Crippen MR) is 80.5 cm³/mol. The summed E-state index contributed by atoms with van der Waals surface area (Å²) in [6, 6.07) is 9.59. The standard InChI is InChI=1S/C17H27NO/c1-3-10-18-17(16-8-11-19-12-9-16)13-15-6-4-14(2)5-7-15/h4-7,16-18H,3,8-13H2,1-2H3. The Labute approximate surface area is 117 Å². The van der Waals surface area contributed by atoms with Gasteiger partial charge in [0, 0.05) is 19.3 Å². The van der Waals surface area contributed by atoms with Crippen LogP contribution in [0.2, 0.25) is 0 Å². The third-order valence-corrected chi connectivity index (χ3v) is 4.07. The molecule has 1 aromatic carbocycles. The number of rotatable bonds is 6. The van der Waals surface area contributed by atoms with Crippen LogP contribution < -0.4 is 5.32 Å². The molecule has 1 aliphatic heterocycles. The van der Waals surface area contributed by atoms with Gasteiger partial charge in [-0.15, -0.1) is 0 Å². The first-order valence-electron chi connectivity index (χ1n) is 7.66. The number of hydrogen-bond donors (Lipinski definition) is 1. The zero-order valence-corrected chi connectivity index (χ0v) is 12.3. The molecule has 1 fully saturated rings. The van der Waals surface area contributed by atoms with E-state index in [0.717, 1.165) is 32.1 Å². The van der Waals surface area contributed by atoms with Gasteiger partial charge < -0.3 is 10.1 Å². The van der Waals surface area contributed by atoms with Gasteiger partial charge in [0.25, 0.3) is 0 Å². The summed E-state index contributed by atoms with van der Waals surface area (Å²) in [4.78, 5) is 0. The van der Waals surface area contributed by atoms with Crippen LogP contribution in [0.1, 0.15) is 37.3 Å². The molecule has 1 heterocycles. The van der Waals surface area contributed by atoms with Crippen LogP contribution in [0.4, 0.5) is 0 Å². The minimum atomic E-state index is 0.603. The summed E-state index contributed by atoms with van der Waals surface area (Å²) < 4.78 is 5.49. The van der Waals surface area contributed by atoms with E-state index < -0.39 is 0 Å². The fourth-order valence-corrected chi connectivity index (χ4v) is 2.83. The highest BCUT2D eigenvalue weighted by Crippen LogP contribution is 2.22. The molecule has 1 atom stereocenters. The molecule has 2 rings (SSSR count). The monoisotopic (exact) mass is 261 g/mol. The molecule has 0 amide bonds. The number of aryl methyl sites for hydroxylation is 1. The second kappa shape index (κ2) is 7.66. The molecular formula is C17H27NO. The average molecular weight is 261 g/mol. The number of benzene rings is 1. The molecule has 0 radical (unpaired) electrons. The molecule has 1 aliphatic rings. The van der Waals surface area contributed by atoms with E-state index in [0.29, 0.717) is 6.04 Å². The molecule has 106 valence electrons. The molecular weight excluding hydrogens is 234 g/mol. The van der Waals surface area contributed by atoms with Gasteiger partial charge in [0.2, 0.25) is 0 Å². The van der Waals surface area contributed by atoms with Crippen molar-refractivity contribution in [3.05, 3.63) is 35.4 Å². The minimum Gasteiger partial charge on any atom is -0.381 e. The third kappa shape index (κ3) is 4.63. The van der Waals surface area contributed by atoms with E-state index >= 15 is 0 Å². The molecule has 19 heavy (non-hydrogen) atoms. The molecule has 0 bridgehead atoms. The molecule has 2 heteroatoms. The second-order valence-electron chi connectivity index (χ2n) is 5.70. The third-order valence-electron chi connectivity index (χ3n) is 4.07. The smallest absolute Gasteiger partial charge is 0.0469 e. The lowest BCUT2D eigenvalue weighted by Gasteiger charge is -2.31. The normalized spacial score (nSPS) is 18.4. The molecule has 1 N–H and O–H groups in total. The van der Waals surface area contributed by atoms with Crippen molar-refractivity contribution in [3.8, 4) is 0 Å². The summed E-state index contributed by atoms with van der Waals surface area (Å²) in [5, 5.41) is 3.75. The Morgan fingerprint density at radius 2 is 1.89 bits per heavy atom. The van der Waals surface area contributed by atoms with Crippen LogP contribution in [-0.4, -0.2) is 25.8 Å². The maximum atomic E-state index is 5.49. The lowest BCUT2D eigenvalue weighted by atomic mass is 9.87. The average Bonchev–Trinajstić information content (AvgIpc) is 2.46. The summed E-state index contributed by atoms with van der Waals surface area (Å²) in [6.45, 7) is 7.37. The van der Waals surface area contributed by atoms with Crippen LogP contribution in [-0.2, 0) is 11.2 Å². The summed E-state index contributed by atoms with van der Waals surface area (Å²) in [5.41, 5.74) is 2.79. The number of ether oxygens (including phenoxy) is 1. The Hall–Kier alpha value is -0.860. The Morgan fingerprint density at radius 3 is 2.53 bits per heavy atom. The first-order valence-corrected chi connectivity index (χ1v) is 7.66. The fraction of sp³-hybridized carbons (Fsp3) is 0.647. The largest absolute Gasteiger partial charge is 0.381 e. The van der Waals surface area contributed by atoms with Gasteiger partial charge in [0.1, 0.15) is 0 Å². The van der Waals surface area contributed by atoms with Crippen molar-refractivity contribution in [1.82, 2.24) is 5.32 Å².